The number of esters is 1. The molecule has 0 spiro atoms. The van der Waals surface area contributed by atoms with Gasteiger partial charge in [-0.3, -0.25) is 14.5 Å². The summed E-state index contributed by atoms with van der Waals surface area (Å²) in [4.78, 5) is 28.1. The van der Waals surface area contributed by atoms with Gasteiger partial charge in [0.15, 0.2) is 0 Å². The Bertz CT molecular complexity index is 999. The van der Waals surface area contributed by atoms with Crippen molar-refractivity contribution in [2.75, 3.05) is 19.0 Å². The van der Waals surface area contributed by atoms with Crippen LogP contribution in [0, 0.1) is 0 Å². The molecule has 1 N–H and O–H groups in total. The van der Waals surface area contributed by atoms with E-state index in [2.05, 4.69) is 10.4 Å². The van der Waals surface area contributed by atoms with E-state index in [0.717, 1.165) is 16.0 Å². The van der Waals surface area contributed by atoms with E-state index >= 15 is 0 Å². The minimum absolute atomic E-state index is 0.0955. The van der Waals surface area contributed by atoms with Crippen LogP contribution in [0.1, 0.15) is 16.0 Å². The molecule has 29 heavy (non-hydrogen) atoms. The van der Waals surface area contributed by atoms with E-state index in [1.807, 2.05) is 46.7 Å². The number of carbonyl (C=O) groups is 2. The molecule has 0 aliphatic carbocycles. The quantitative estimate of drug-likeness (QED) is 0.632. The van der Waals surface area contributed by atoms with Crippen molar-refractivity contribution in [3.8, 4) is 0 Å². The second kappa shape index (κ2) is 8.59. The van der Waals surface area contributed by atoms with Gasteiger partial charge in [-0.2, -0.15) is 5.10 Å². The molecule has 1 aliphatic heterocycles. The number of benzene rings is 1. The van der Waals surface area contributed by atoms with Crippen LogP contribution in [-0.4, -0.2) is 46.3 Å². The standard InChI is InChI=1S/C21H22N4O3S/c1-28-21(27)18-11-15-5-2-3-6-16(15)12-24(18)14-20(26)23-19-8-9-22-25(19)13-17-7-4-10-29-17/h2-10,18H,11-14H2,1H3,(H,23,26). The molecule has 1 amide bonds. The monoisotopic (exact) mass is 410 g/mol. The summed E-state index contributed by atoms with van der Waals surface area (Å²) >= 11 is 1.64. The summed E-state index contributed by atoms with van der Waals surface area (Å²) in [6.07, 6.45) is 2.20. The van der Waals surface area contributed by atoms with Gasteiger partial charge in [0.2, 0.25) is 5.91 Å². The number of thiophene rings is 1. The lowest BCUT2D eigenvalue weighted by Gasteiger charge is -2.34. The molecular weight excluding hydrogens is 388 g/mol. The Hall–Kier alpha value is -2.97. The Morgan fingerprint density at radius 2 is 2.03 bits per heavy atom. The summed E-state index contributed by atoms with van der Waals surface area (Å²) in [6.45, 7) is 1.22. The molecule has 2 aromatic heterocycles. The average Bonchev–Trinajstić information content (AvgIpc) is 3.39. The number of ether oxygens (including phenoxy) is 1. The van der Waals surface area contributed by atoms with E-state index in [-0.39, 0.29) is 18.4 Å². The number of aromatic nitrogens is 2. The van der Waals surface area contributed by atoms with E-state index < -0.39 is 6.04 Å². The average molecular weight is 410 g/mol. The predicted molar refractivity (Wildman–Crippen MR) is 111 cm³/mol. The lowest BCUT2D eigenvalue weighted by atomic mass is 9.94. The number of methoxy groups -OCH3 is 1. The number of nitrogens with one attached hydrogen (secondary N) is 1. The normalized spacial score (nSPS) is 16.2. The van der Waals surface area contributed by atoms with Crippen LogP contribution in [-0.2, 0) is 33.8 Å². The predicted octanol–water partition coefficient (Wildman–Crippen LogP) is 2.53. The molecule has 1 aromatic carbocycles. The lowest BCUT2D eigenvalue weighted by molar-refractivity contribution is -0.148. The van der Waals surface area contributed by atoms with Crippen molar-refractivity contribution < 1.29 is 14.3 Å². The van der Waals surface area contributed by atoms with Gasteiger partial charge in [-0.1, -0.05) is 30.3 Å². The zero-order chi connectivity index (χ0) is 20.2. The summed E-state index contributed by atoms with van der Waals surface area (Å²) in [5, 5.41) is 9.23. The van der Waals surface area contributed by atoms with E-state index in [0.29, 0.717) is 25.3 Å². The Morgan fingerprint density at radius 3 is 2.79 bits per heavy atom. The Labute approximate surface area is 172 Å². The highest BCUT2D eigenvalue weighted by Crippen LogP contribution is 2.24. The number of carbonyl (C=O) groups excluding carboxylic acids is 2. The molecule has 150 valence electrons. The van der Waals surface area contributed by atoms with Crippen LogP contribution < -0.4 is 5.32 Å². The van der Waals surface area contributed by atoms with Crippen LogP contribution in [0.3, 0.4) is 0 Å². The van der Waals surface area contributed by atoms with Gasteiger partial charge in [-0.15, -0.1) is 11.3 Å². The van der Waals surface area contributed by atoms with E-state index in [4.69, 9.17) is 4.74 Å². The van der Waals surface area contributed by atoms with Gasteiger partial charge in [-0.25, -0.2) is 4.68 Å². The van der Waals surface area contributed by atoms with Crippen LogP contribution in [0.5, 0.6) is 0 Å². The maximum Gasteiger partial charge on any atom is 0.323 e. The zero-order valence-electron chi connectivity index (χ0n) is 16.1. The van der Waals surface area contributed by atoms with Gasteiger partial charge >= 0.3 is 5.97 Å². The third-order valence-corrected chi connectivity index (χ3v) is 5.90. The first kappa shape index (κ1) is 19.4. The molecule has 0 saturated carbocycles. The van der Waals surface area contributed by atoms with Gasteiger partial charge in [0, 0.05) is 17.5 Å². The number of nitrogens with zero attached hydrogens (tertiary/aromatic N) is 3. The Kier molecular flexibility index (Phi) is 5.73. The molecule has 7 nitrogen and oxygen atoms in total. The van der Waals surface area contributed by atoms with E-state index in [1.165, 1.54) is 7.11 Å². The van der Waals surface area contributed by atoms with Crippen LogP contribution >= 0.6 is 11.3 Å². The molecule has 1 aliphatic rings. The maximum atomic E-state index is 12.8. The molecular formula is C21H22N4O3S. The fourth-order valence-electron chi connectivity index (χ4n) is 3.59. The van der Waals surface area contributed by atoms with Crippen molar-refractivity contribution >= 4 is 29.0 Å². The molecule has 0 radical (unpaired) electrons. The Morgan fingerprint density at radius 1 is 1.21 bits per heavy atom. The number of hydrogen-bond acceptors (Lipinski definition) is 6. The van der Waals surface area contributed by atoms with Crippen molar-refractivity contribution in [1.29, 1.82) is 0 Å². The first-order chi connectivity index (χ1) is 14.1. The topological polar surface area (TPSA) is 76.5 Å². The van der Waals surface area contributed by atoms with Crippen molar-refractivity contribution in [3.05, 3.63) is 70.0 Å². The largest absolute Gasteiger partial charge is 0.468 e. The highest BCUT2D eigenvalue weighted by molar-refractivity contribution is 7.09. The zero-order valence-corrected chi connectivity index (χ0v) is 16.9. The van der Waals surface area contributed by atoms with Crippen LogP contribution in [0.4, 0.5) is 5.82 Å². The van der Waals surface area contributed by atoms with Crippen LogP contribution in [0.15, 0.2) is 54.0 Å². The molecule has 0 saturated heterocycles. The third kappa shape index (κ3) is 4.38. The fraction of sp³-hybridized carbons (Fsp3) is 0.286. The first-order valence-electron chi connectivity index (χ1n) is 9.36. The molecule has 1 unspecified atom stereocenters. The molecule has 4 rings (SSSR count). The van der Waals surface area contributed by atoms with Gasteiger partial charge in [0.25, 0.3) is 0 Å². The second-order valence-corrected chi connectivity index (χ2v) is 7.95. The fourth-order valence-corrected chi connectivity index (χ4v) is 4.28. The highest BCUT2D eigenvalue weighted by atomic mass is 32.1. The molecule has 3 heterocycles. The minimum Gasteiger partial charge on any atom is -0.468 e. The Balaban J connectivity index is 1.46. The van der Waals surface area contributed by atoms with Crippen molar-refractivity contribution in [2.24, 2.45) is 0 Å². The van der Waals surface area contributed by atoms with Gasteiger partial charge < -0.3 is 10.1 Å². The smallest absolute Gasteiger partial charge is 0.323 e. The summed E-state index contributed by atoms with van der Waals surface area (Å²) in [5.74, 6) is 0.122. The second-order valence-electron chi connectivity index (χ2n) is 6.92. The number of hydrogen-bond donors (Lipinski definition) is 1. The molecule has 0 bridgehead atoms. The molecule has 1 atom stereocenters. The third-order valence-electron chi connectivity index (χ3n) is 5.04. The lowest BCUT2D eigenvalue weighted by Crippen LogP contribution is -2.49. The van der Waals surface area contributed by atoms with Crippen molar-refractivity contribution in [1.82, 2.24) is 14.7 Å². The van der Waals surface area contributed by atoms with Crippen molar-refractivity contribution in [3.63, 3.8) is 0 Å². The number of rotatable bonds is 6. The van der Waals surface area contributed by atoms with Gasteiger partial charge in [0.1, 0.15) is 11.9 Å². The molecule has 0 fully saturated rings. The van der Waals surface area contributed by atoms with Crippen LogP contribution in [0.2, 0.25) is 0 Å². The van der Waals surface area contributed by atoms with Crippen molar-refractivity contribution in [2.45, 2.75) is 25.6 Å². The van der Waals surface area contributed by atoms with E-state index in [1.54, 1.807) is 28.3 Å². The number of amides is 1. The first-order valence-corrected chi connectivity index (χ1v) is 10.2. The maximum absolute atomic E-state index is 12.8. The van der Waals surface area contributed by atoms with E-state index in [9.17, 15) is 9.59 Å². The minimum atomic E-state index is -0.475. The van der Waals surface area contributed by atoms with Crippen LogP contribution in [0.25, 0.3) is 0 Å². The summed E-state index contributed by atoms with van der Waals surface area (Å²) in [6, 6.07) is 13.3. The van der Waals surface area contributed by atoms with Gasteiger partial charge in [-0.05, 0) is 29.0 Å². The number of fused-ring (bicyclic) bond motifs is 1. The SMILES string of the molecule is COC(=O)C1Cc2ccccc2CN1CC(=O)Nc1ccnn1Cc1cccs1. The molecule has 3 aromatic rings. The highest BCUT2D eigenvalue weighted by Gasteiger charge is 2.33. The summed E-state index contributed by atoms with van der Waals surface area (Å²) < 4.78 is 6.73. The summed E-state index contributed by atoms with van der Waals surface area (Å²) in [7, 11) is 1.38. The number of anilines is 1. The molecule has 8 heteroatoms. The van der Waals surface area contributed by atoms with Gasteiger partial charge in [0.05, 0.1) is 26.4 Å². The summed E-state index contributed by atoms with van der Waals surface area (Å²) in [5.41, 5.74) is 2.25.